The van der Waals surface area contributed by atoms with Crippen molar-refractivity contribution >= 4 is 33.5 Å². The molecule has 0 aliphatic carbocycles. The van der Waals surface area contributed by atoms with E-state index in [2.05, 4.69) is 21.2 Å². The van der Waals surface area contributed by atoms with Crippen molar-refractivity contribution < 1.29 is 19.8 Å². The van der Waals surface area contributed by atoms with Crippen LogP contribution in [0.25, 0.3) is 0 Å². The van der Waals surface area contributed by atoms with E-state index in [1.807, 2.05) is 0 Å². The van der Waals surface area contributed by atoms with E-state index in [-0.39, 0.29) is 23.6 Å². The number of carboxylic acid groups (broad SMARTS) is 1. The number of halogens is 1. The predicted octanol–water partition coefficient (Wildman–Crippen LogP) is 3.03. The van der Waals surface area contributed by atoms with Crippen LogP contribution in [0.15, 0.2) is 46.9 Å². The number of aromatic carboxylic acids is 1. The average molecular weight is 350 g/mol. The second-order valence-corrected chi connectivity index (χ2v) is 5.21. The summed E-state index contributed by atoms with van der Waals surface area (Å²) in [6, 6.07) is 11.1. The SMILES string of the molecule is O=C(Cc1ccccc1O)Nc1ccc(Br)c(C(=O)O)c1. The molecule has 5 nitrogen and oxygen atoms in total. The highest BCUT2D eigenvalue weighted by Crippen LogP contribution is 2.22. The number of amides is 1. The molecule has 0 aliphatic rings. The van der Waals surface area contributed by atoms with Gasteiger partial charge in [-0.05, 0) is 40.2 Å². The molecule has 0 aromatic heterocycles. The Balaban J connectivity index is 2.12. The third-order valence-corrected chi connectivity index (χ3v) is 3.51. The second-order valence-electron chi connectivity index (χ2n) is 4.35. The predicted molar refractivity (Wildman–Crippen MR) is 81.5 cm³/mol. The molecule has 0 heterocycles. The smallest absolute Gasteiger partial charge is 0.336 e. The zero-order valence-corrected chi connectivity index (χ0v) is 12.4. The molecule has 2 aromatic carbocycles. The van der Waals surface area contributed by atoms with Gasteiger partial charge in [0.15, 0.2) is 0 Å². The number of carbonyl (C=O) groups excluding carboxylic acids is 1. The molecule has 0 fully saturated rings. The first-order valence-electron chi connectivity index (χ1n) is 6.07. The summed E-state index contributed by atoms with van der Waals surface area (Å²) in [6.07, 6.45) is 0.00510. The molecule has 21 heavy (non-hydrogen) atoms. The molecule has 108 valence electrons. The van der Waals surface area contributed by atoms with Crippen molar-refractivity contribution in [2.24, 2.45) is 0 Å². The number of para-hydroxylation sites is 1. The van der Waals surface area contributed by atoms with Crippen molar-refractivity contribution in [1.29, 1.82) is 0 Å². The Bertz CT molecular complexity index is 700. The minimum Gasteiger partial charge on any atom is -0.508 e. The number of aromatic hydroxyl groups is 1. The summed E-state index contributed by atoms with van der Waals surface area (Å²) in [5.74, 6) is -1.37. The third kappa shape index (κ3) is 3.82. The van der Waals surface area contributed by atoms with E-state index in [4.69, 9.17) is 5.11 Å². The molecule has 0 bridgehead atoms. The van der Waals surface area contributed by atoms with Crippen LogP contribution in [0, 0.1) is 0 Å². The fourth-order valence-corrected chi connectivity index (χ4v) is 2.22. The summed E-state index contributed by atoms with van der Waals surface area (Å²) < 4.78 is 0.439. The third-order valence-electron chi connectivity index (χ3n) is 2.82. The van der Waals surface area contributed by atoms with Crippen molar-refractivity contribution in [3.63, 3.8) is 0 Å². The Morgan fingerprint density at radius 1 is 1.14 bits per heavy atom. The van der Waals surface area contributed by atoms with Crippen molar-refractivity contribution in [2.75, 3.05) is 5.32 Å². The van der Waals surface area contributed by atoms with Crippen molar-refractivity contribution in [2.45, 2.75) is 6.42 Å². The van der Waals surface area contributed by atoms with Crippen molar-refractivity contribution in [3.8, 4) is 5.75 Å². The number of phenols is 1. The van der Waals surface area contributed by atoms with Crippen LogP contribution in [0.5, 0.6) is 5.75 Å². The number of nitrogens with one attached hydrogen (secondary N) is 1. The van der Waals surface area contributed by atoms with Crippen LogP contribution in [0.2, 0.25) is 0 Å². The van der Waals surface area contributed by atoms with Gasteiger partial charge in [0.2, 0.25) is 5.91 Å². The average Bonchev–Trinajstić information content (AvgIpc) is 2.43. The van der Waals surface area contributed by atoms with Crippen LogP contribution in [0.4, 0.5) is 5.69 Å². The summed E-state index contributed by atoms with van der Waals surface area (Å²) >= 11 is 3.13. The Labute approximate surface area is 129 Å². The Morgan fingerprint density at radius 2 is 1.86 bits per heavy atom. The molecule has 3 N–H and O–H groups in total. The van der Waals surface area contributed by atoms with Crippen LogP contribution >= 0.6 is 15.9 Å². The lowest BCUT2D eigenvalue weighted by atomic mass is 10.1. The van der Waals surface area contributed by atoms with Gasteiger partial charge < -0.3 is 15.5 Å². The van der Waals surface area contributed by atoms with Gasteiger partial charge in [0.25, 0.3) is 0 Å². The van der Waals surface area contributed by atoms with Gasteiger partial charge in [0.1, 0.15) is 5.75 Å². The molecule has 0 atom stereocenters. The summed E-state index contributed by atoms with van der Waals surface area (Å²) in [5.41, 5.74) is 0.956. The number of benzene rings is 2. The molecule has 6 heteroatoms. The lowest BCUT2D eigenvalue weighted by Crippen LogP contribution is -2.15. The minimum absolute atomic E-state index is 0.00510. The van der Waals surface area contributed by atoms with Gasteiger partial charge in [-0.25, -0.2) is 4.79 Å². The minimum atomic E-state index is -1.08. The van der Waals surface area contributed by atoms with Gasteiger partial charge in [0.05, 0.1) is 12.0 Å². The molecule has 0 spiro atoms. The standard InChI is InChI=1S/C15H12BrNO4/c16-12-6-5-10(8-11(12)15(20)21)17-14(19)7-9-3-1-2-4-13(9)18/h1-6,8,18H,7H2,(H,17,19)(H,20,21). The molecule has 0 saturated carbocycles. The van der Waals surface area contributed by atoms with Crippen molar-refractivity contribution in [1.82, 2.24) is 0 Å². The first-order chi connectivity index (χ1) is 9.97. The number of hydrogen-bond acceptors (Lipinski definition) is 3. The van der Waals surface area contributed by atoms with E-state index in [1.165, 1.54) is 12.1 Å². The van der Waals surface area contributed by atoms with Gasteiger partial charge in [0, 0.05) is 15.7 Å². The quantitative estimate of drug-likeness (QED) is 0.791. The molecule has 0 saturated heterocycles. The van der Waals surface area contributed by atoms with E-state index >= 15 is 0 Å². The number of rotatable bonds is 4. The molecule has 2 aromatic rings. The Morgan fingerprint density at radius 3 is 2.52 bits per heavy atom. The molecule has 2 rings (SSSR count). The monoisotopic (exact) mass is 349 g/mol. The van der Waals surface area contributed by atoms with Crippen LogP contribution in [-0.2, 0) is 11.2 Å². The maximum absolute atomic E-state index is 11.9. The molecule has 0 aliphatic heterocycles. The number of carbonyl (C=O) groups is 2. The van der Waals surface area contributed by atoms with Gasteiger partial charge in [-0.3, -0.25) is 4.79 Å². The second kappa shape index (κ2) is 6.41. The first kappa shape index (κ1) is 15.1. The van der Waals surface area contributed by atoms with E-state index < -0.39 is 5.97 Å². The zero-order valence-electron chi connectivity index (χ0n) is 10.8. The normalized spacial score (nSPS) is 10.1. The highest BCUT2D eigenvalue weighted by molar-refractivity contribution is 9.10. The Hall–Kier alpha value is -2.34. The summed E-state index contributed by atoms with van der Waals surface area (Å²) in [4.78, 5) is 22.9. The van der Waals surface area contributed by atoms with E-state index in [9.17, 15) is 14.7 Å². The summed E-state index contributed by atoms with van der Waals surface area (Å²) in [5, 5.41) is 21.2. The fraction of sp³-hybridized carbons (Fsp3) is 0.0667. The maximum Gasteiger partial charge on any atom is 0.336 e. The van der Waals surface area contributed by atoms with Crippen LogP contribution in [0.3, 0.4) is 0 Å². The van der Waals surface area contributed by atoms with Crippen LogP contribution in [-0.4, -0.2) is 22.1 Å². The number of anilines is 1. The first-order valence-corrected chi connectivity index (χ1v) is 6.86. The molecular formula is C15H12BrNO4. The largest absolute Gasteiger partial charge is 0.508 e. The lowest BCUT2D eigenvalue weighted by molar-refractivity contribution is -0.115. The molecule has 0 unspecified atom stereocenters. The number of carboxylic acids is 1. The summed E-state index contributed by atoms with van der Waals surface area (Å²) in [7, 11) is 0. The van der Waals surface area contributed by atoms with E-state index in [0.29, 0.717) is 15.7 Å². The maximum atomic E-state index is 11.9. The van der Waals surface area contributed by atoms with E-state index in [0.717, 1.165) is 0 Å². The fourth-order valence-electron chi connectivity index (χ4n) is 1.81. The lowest BCUT2D eigenvalue weighted by Gasteiger charge is -2.08. The number of hydrogen-bond donors (Lipinski definition) is 3. The van der Waals surface area contributed by atoms with Crippen molar-refractivity contribution in [3.05, 3.63) is 58.1 Å². The molecule has 1 amide bonds. The van der Waals surface area contributed by atoms with Gasteiger partial charge >= 0.3 is 5.97 Å². The zero-order chi connectivity index (χ0) is 15.4. The van der Waals surface area contributed by atoms with E-state index in [1.54, 1.807) is 30.3 Å². The van der Waals surface area contributed by atoms with Gasteiger partial charge in [-0.15, -0.1) is 0 Å². The molecular weight excluding hydrogens is 338 g/mol. The van der Waals surface area contributed by atoms with Gasteiger partial charge in [-0.1, -0.05) is 18.2 Å². The van der Waals surface area contributed by atoms with Gasteiger partial charge in [-0.2, -0.15) is 0 Å². The highest BCUT2D eigenvalue weighted by atomic mass is 79.9. The number of phenolic OH excluding ortho intramolecular Hbond substituents is 1. The topological polar surface area (TPSA) is 86.6 Å². The van der Waals surface area contributed by atoms with Crippen LogP contribution < -0.4 is 5.32 Å². The highest BCUT2D eigenvalue weighted by Gasteiger charge is 2.11. The van der Waals surface area contributed by atoms with Crippen LogP contribution in [0.1, 0.15) is 15.9 Å². The Kier molecular flexibility index (Phi) is 4.59. The summed E-state index contributed by atoms with van der Waals surface area (Å²) in [6.45, 7) is 0. The molecule has 0 radical (unpaired) electrons.